The second-order valence-corrected chi connectivity index (χ2v) is 7.72. The molecule has 134 valence electrons. The Morgan fingerprint density at radius 1 is 1.12 bits per heavy atom. The van der Waals surface area contributed by atoms with Crippen LogP contribution in [0, 0.1) is 13.8 Å². The van der Waals surface area contributed by atoms with Gasteiger partial charge in [0.1, 0.15) is 0 Å². The minimum absolute atomic E-state index is 0.00599. The van der Waals surface area contributed by atoms with Gasteiger partial charge in [0.05, 0.1) is 5.75 Å². The van der Waals surface area contributed by atoms with Crippen molar-refractivity contribution < 1.29 is 14.0 Å². The van der Waals surface area contributed by atoms with Crippen LogP contribution in [-0.2, 0) is 4.79 Å². The first kappa shape index (κ1) is 19.0. The van der Waals surface area contributed by atoms with E-state index in [9.17, 15) is 9.59 Å². The van der Waals surface area contributed by atoms with Crippen molar-refractivity contribution in [3.8, 4) is 11.5 Å². The van der Waals surface area contributed by atoms with Crippen LogP contribution < -0.4 is 10.6 Å². The number of rotatable bonds is 4. The standard InChI is InChI=1S/C17H22N4O3S/c1-10-6-11(2)8-12(7-10)14-20-21-16(24-14)25-9-13(22)18-15(23)19-17(3,4)5/h6-8H,9H2,1-5H3,(H2,18,19,22,23). The third kappa shape index (κ3) is 6.22. The molecule has 2 aromatic rings. The van der Waals surface area contributed by atoms with Gasteiger partial charge >= 0.3 is 6.03 Å². The predicted octanol–water partition coefficient (Wildman–Crippen LogP) is 3.07. The molecule has 3 amide bonds. The van der Waals surface area contributed by atoms with Crippen molar-refractivity contribution in [3.63, 3.8) is 0 Å². The number of nitrogens with one attached hydrogen (secondary N) is 2. The van der Waals surface area contributed by atoms with Gasteiger partial charge in [-0.2, -0.15) is 0 Å². The van der Waals surface area contributed by atoms with E-state index in [4.69, 9.17) is 4.42 Å². The van der Waals surface area contributed by atoms with Crippen LogP contribution >= 0.6 is 11.8 Å². The van der Waals surface area contributed by atoms with Crippen molar-refractivity contribution in [1.29, 1.82) is 0 Å². The first-order chi connectivity index (χ1) is 11.6. The second kappa shape index (κ2) is 7.69. The van der Waals surface area contributed by atoms with Crippen molar-refractivity contribution >= 4 is 23.7 Å². The van der Waals surface area contributed by atoms with E-state index in [0.717, 1.165) is 28.5 Å². The summed E-state index contributed by atoms with van der Waals surface area (Å²) in [5.74, 6) is -0.0236. The van der Waals surface area contributed by atoms with Crippen LogP contribution in [0.25, 0.3) is 11.5 Å². The number of hydrogen-bond acceptors (Lipinski definition) is 6. The van der Waals surface area contributed by atoms with Crippen LogP contribution in [0.2, 0.25) is 0 Å². The molecule has 0 fully saturated rings. The van der Waals surface area contributed by atoms with E-state index in [1.165, 1.54) is 0 Å². The van der Waals surface area contributed by atoms with E-state index < -0.39 is 17.5 Å². The van der Waals surface area contributed by atoms with Crippen LogP contribution in [0.3, 0.4) is 0 Å². The van der Waals surface area contributed by atoms with E-state index in [1.807, 2.05) is 46.8 Å². The fourth-order valence-corrected chi connectivity index (χ4v) is 2.71. The zero-order chi connectivity index (χ0) is 18.6. The van der Waals surface area contributed by atoms with Crippen molar-refractivity contribution in [1.82, 2.24) is 20.8 Å². The maximum atomic E-state index is 11.8. The summed E-state index contributed by atoms with van der Waals surface area (Å²) in [6.45, 7) is 9.49. The summed E-state index contributed by atoms with van der Waals surface area (Å²) in [5, 5.41) is 13.1. The number of thioether (sulfide) groups is 1. The van der Waals surface area contributed by atoms with Crippen LogP contribution in [0.5, 0.6) is 0 Å². The van der Waals surface area contributed by atoms with Crippen LogP contribution in [0.4, 0.5) is 4.79 Å². The Morgan fingerprint density at radius 3 is 2.36 bits per heavy atom. The van der Waals surface area contributed by atoms with Crippen LogP contribution in [0.1, 0.15) is 31.9 Å². The molecule has 8 heteroatoms. The van der Waals surface area contributed by atoms with E-state index in [0.29, 0.717) is 5.89 Å². The number of benzene rings is 1. The molecule has 2 rings (SSSR count). The molecule has 0 unspecified atom stereocenters. The Kier molecular flexibility index (Phi) is 5.84. The normalized spacial score (nSPS) is 11.2. The van der Waals surface area contributed by atoms with Gasteiger partial charge in [-0.25, -0.2) is 4.79 Å². The lowest BCUT2D eigenvalue weighted by Gasteiger charge is -2.20. The molecule has 0 saturated heterocycles. The number of hydrogen-bond donors (Lipinski definition) is 2. The van der Waals surface area contributed by atoms with E-state index >= 15 is 0 Å². The van der Waals surface area contributed by atoms with Crippen LogP contribution in [0.15, 0.2) is 27.8 Å². The van der Waals surface area contributed by atoms with Crippen molar-refractivity contribution in [2.75, 3.05) is 5.75 Å². The van der Waals surface area contributed by atoms with E-state index in [1.54, 1.807) is 0 Å². The molecule has 25 heavy (non-hydrogen) atoms. The van der Waals surface area contributed by atoms with Gasteiger partial charge in [0, 0.05) is 11.1 Å². The van der Waals surface area contributed by atoms with E-state index in [-0.39, 0.29) is 11.0 Å². The molecular weight excluding hydrogens is 340 g/mol. The maximum Gasteiger partial charge on any atom is 0.321 e. The fraction of sp³-hybridized carbons (Fsp3) is 0.412. The Morgan fingerprint density at radius 2 is 1.76 bits per heavy atom. The summed E-state index contributed by atoms with van der Waals surface area (Å²) in [6.07, 6.45) is 0. The number of aryl methyl sites for hydroxylation is 2. The number of carbonyl (C=O) groups is 2. The molecule has 0 spiro atoms. The lowest BCUT2D eigenvalue weighted by molar-refractivity contribution is -0.117. The maximum absolute atomic E-state index is 11.8. The van der Waals surface area contributed by atoms with Crippen molar-refractivity contribution in [2.24, 2.45) is 0 Å². The quantitative estimate of drug-likeness (QED) is 0.811. The molecule has 1 aromatic carbocycles. The highest BCUT2D eigenvalue weighted by Crippen LogP contribution is 2.24. The predicted molar refractivity (Wildman–Crippen MR) is 96.4 cm³/mol. The molecular formula is C17H22N4O3S. The molecule has 0 aliphatic heterocycles. The minimum Gasteiger partial charge on any atom is -0.411 e. The second-order valence-electron chi connectivity index (χ2n) is 6.79. The molecule has 0 saturated carbocycles. The fourth-order valence-electron chi connectivity index (χ4n) is 2.14. The Bertz CT molecular complexity index is 760. The average Bonchev–Trinajstić information content (AvgIpc) is 2.90. The Balaban J connectivity index is 1.91. The average molecular weight is 362 g/mol. The molecule has 1 heterocycles. The summed E-state index contributed by atoms with van der Waals surface area (Å²) >= 11 is 1.08. The summed E-state index contributed by atoms with van der Waals surface area (Å²) in [6, 6.07) is 5.44. The number of amides is 3. The SMILES string of the molecule is Cc1cc(C)cc(-c2nnc(SCC(=O)NC(=O)NC(C)(C)C)o2)c1. The van der Waals surface area contributed by atoms with Gasteiger partial charge < -0.3 is 9.73 Å². The topological polar surface area (TPSA) is 97.1 Å². The van der Waals surface area contributed by atoms with Gasteiger partial charge in [0.15, 0.2) is 0 Å². The minimum atomic E-state index is -0.528. The highest BCUT2D eigenvalue weighted by Gasteiger charge is 2.17. The molecule has 0 atom stereocenters. The summed E-state index contributed by atoms with van der Waals surface area (Å²) in [5.41, 5.74) is 2.63. The third-order valence-corrected chi connectivity index (χ3v) is 3.76. The molecule has 0 bridgehead atoms. The first-order valence-electron chi connectivity index (χ1n) is 7.79. The Labute approximate surface area is 151 Å². The largest absolute Gasteiger partial charge is 0.411 e. The number of aromatic nitrogens is 2. The number of imide groups is 1. The van der Waals surface area contributed by atoms with Gasteiger partial charge in [-0.05, 0) is 46.8 Å². The van der Waals surface area contributed by atoms with Gasteiger partial charge in [-0.15, -0.1) is 10.2 Å². The van der Waals surface area contributed by atoms with Gasteiger partial charge in [0.2, 0.25) is 11.8 Å². The summed E-state index contributed by atoms with van der Waals surface area (Å²) < 4.78 is 5.58. The van der Waals surface area contributed by atoms with Crippen molar-refractivity contribution in [2.45, 2.75) is 45.4 Å². The highest BCUT2D eigenvalue weighted by atomic mass is 32.2. The lowest BCUT2D eigenvalue weighted by Crippen LogP contribution is -2.48. The molecule has 2 N–H and O–H groups in total. The van der Waals surface area contributed by atoms with Gasteiger partial charge in [-0.1, -0.05) is 29.0 Å². The monoisotopic (exact) mass is 362 g/mol. The number of carbonyl (C=O) groups excluding carboxylic acids is 2. The highest BCUT2D eigenvalue weighted by molar-refractivity contribution is 7.99. The number of nitrogens with zero attached hydrogens (tertiary/aromatic N) is 2. The molecule has 7 nitrogen and oxygen atoms in total. The first-order valence-corrected chi connectivity index (χ1v) is 8.78. The smallest absolute Gasteiger partial charge is 0.321 e. The van der Waals surface area contributed by atoms with Crippen molar-refractivity contribution in [3.05, 3.63) is 29.3 Å². The van der Waals surface area contributed by atoms with Gasteiger partial charge in [-0.3, -0.25) is 10.1 Å². The van der Waals surface area contributed by atoms with Crippen LogP contribution in [-0.4, -0.2) is 33.4 Å². The van der Waals surface area contributed by atoms with E-state index in [2.05, 4.69) is 26.9 Å². The molecule has 0 aliphatic rings. The summed E-state index contributed by atoms with van der Waals surface area (Å²) in [4.78, 5) is 23.4. The zero-order valence-corrected chi connectivity index (χ0v) is 15.8. The van der Waals surface area contributed by atoms with Gasteiger partial charge in [0.25, 0.3) is 5.22 Å². The lowest BCUT2D eigenvalue weighted by atomic mass is 10.1. The third-order valence-electron chi connectivity index (χ3n) is 2.94. The number of urea groups is 1. The summed E-state index contributed by atoms with van der Waals surface area (Å²) in [7, 11) is 0. The molecule has 1 aromatic heterocycles. The Hall–Kier alpha value is -2.35. The molecule has 0 radical (unpaired) electrons. The zero-order valence-electron chi connectivity index (χ0n) is 15.0. The molecule has 0 aliphatic carbocycles.